The van der Waals surface area contributed by atoms with Gasteiger partial charge in [-0.3, -0.25) is 0 Å². The van der Waals surface area contributed by atoms with E-state index in [0.717, 1.165) is 47.6 Å². The van der Waals surface area contributed by atoms with E-state index in [2.05, 4.69) is 58.9 Å². The Labute approximate surface area is 113 Å². The number of nitrogens with one attached hydrogen (secondary N) is 1. The van der Waals surface area contributed by atoms with Crippen molar-refractivity contribution in [2.75, 3.05) is 11.9 Å². The molecule has 1 aromatic rings. The van der Waals surface area contributed by atoms with Gasteiger partial charge in [0.1, 0.15) is 11.6 Å². The van der Waals surface area contributed by atoms with Gasteiger partial charge in [0.25, 0.3) is 0 Å². The number of aromatic nitrogens is 2. The summed E-state index contributed by atoms with van der Waals surface area (Å²) in [5.41, 5.74) is 1.12. The third-order valence-corrected chi connectivity index (χ3v) is 3.32. The molecule has 96 valence electrons. The number of hydrogen-bond acceptors (Lipinski definition) is 3. The molecule has 0 atom stereocenters. The molecule has 0 unspecified atom stereocenters. The zero-order valence-corrected chi connectivity index (χ0v) is 12.8. The molecule has 0 aromatic carbocycles. The average molecular weight is 300 g/mol. The van der Waals surface area contributed by atoms with Crippen LogP contribution in [0.4, 0.5) is 5.82 Å². The summed E-state index contributed by atoms with van der Waals surface area (Å²) in [4.78, 5) is 9.22. The molecule has 0 fully saturated rings. The van der Waals surface area contributed by atoms with Gasteiger partial charge in [-0.25, -0.2) is 9.97 Å². The summed E-state index contributed by atoms with van der Waals surface area (Å²) in [6.07, 6.45) is 3.18. The second kappa shape index (κ2) is 6.94. The molecule has 0 amide bonds. The number of nitrogens with zero attached hydrogens (tertiary/aromatic N) is 2. The first-order chi connectivity index (χ1) is 8.10. The average Bonchev–Trinajstić information content (AvgIpc) is 2.30. The molecule has 0 spiro atoms. The molecule has 1 heterocycles. The molecule has 0 aliphatic heterocycles. The number of hydrogen-bond donors (Lipinski definition) is 1. The highest BCUT2D eigenvalue weighted by Crippen LogP contribution is 2.26. The minimum atomic E-state index is 0.362. The van der Waals surface area contributed by atoms with Crippen molar-refractivity contribution >= 4 is 21.7 Å². The van der Waals surface area contributed by atoms with E-state index in [1.807, 2.05) is 0 Å². The maximum absolute atomic E-state index is 4.63. The lowest BCUT2D eigenvalue weighted by Crippen LogP contribution is -2.10. The van der Waals surface area contributed by atoms with Gasteiger partial charge in [-0.1, -0.05) is 34.1 Å². The van der Waals surface area contributed by atoms with Gasteiger partial charge >= 0.3 is 0 Å². The summed E-state index contributed by atoms with van der Waals surface area (Å²) in [5.74, 6) is 2.23. The van der Waals surface area contributed by atoms with Gasteiger partial charge in [0, 0.05) is 12.5 Å². The van der Waals surface area contributed by atoms with E-state index in [1.54, 1.807) is 0 Å². The fourth-order valence-electron chi connectivity index (χ4n) is 1.53. The van der Waals surface area contributed by atoms with Gasteiger partial charge in [-0.2, -0.15) is 0 Å². The van der Waals surface area contributed by atoms with E-state index in [0.29, 0.717) is 5.92 Å². The predicted molar refractivity (Wildman–Crippen MR) is 76.6 cm³/mol. The van der Waals surface area contributed by atoms with E-state index in [4.69, 9.17) is 0 Å². The SMILES string of the molecule is CCCNc1nc(C(C)C)nc(CCC)c1Br. The standard InChI is InChI=1S/C13H22BrN3/c1-5-7-10-11(14)13(15-8-6-2)17-12(16-10)9(3)4/h9H,5-8H2,1-4H3,(H,15,16,17). The molecule has 17 heavy (non-hydrogen) atoms. The molecule has 1 N–H and O–H groups in total. The van der Waals surface area contributed by atoms with Gasteiger partial charge in [-0.15, -0.1) is 0 Å². The molecule has 1 aromatic heterocycles. The number of halogens is 1. The summed E-state index contributed by atoms with van der Waals surface area (Å²) < 4.78 is 1.03. The predicted octanol–water partition coefficient (Wildman–Crippen LogP) is 4.14. The normalized spacial score (nSPS) is 10.9. The maximum atomic E-state index is 4.63. The van der Waals surface area contributed by atoms with Crippen LogP contribution in [-0.2, 0) is 6.42 Å². The fourth-order valence-corrected chi connectivity index (χ4v) is 2.05. The minimum Gasteiger partial charge on any atom is -0.369 e. The third kappa shape index (κ3) is 3.95. The molecule has 4 heteroatoms. The van der Waals surface area contributed by atoms with Crippen molar-refractivity contribution in [2.24, 2.45) is 0 Å². The quantitative estimate of drug-likeness (QED) is 0.858. The summed E-state index contributed by atoms with van der Waals surface area (Å²) in [5, 5.41) is 3.36. The molecule has 0 saturated carbocycles. The molecule has 0 radical (unpaired) electrons. The number of aryl methyl sites for hydroxylation is 1. The monoisotopic (exact) mass is 299 g/mol. The van der Waals surface area contributed by atoms with Crippen LogP contribution in [0.2, 0.25) is 0 Å². The van der Waals surface area contributed by atoms with Crippen LogP contribution in [0.3, 0.4) is 0 Å². The lowest BCUT2D eigenvalue weighted by molar-refractivity contribution is 0.744. The largest absolute Gasteiger partial charge is 0.369 e. The van der Waals surface area contributed by atoms with Gasteiger partial charge in [0.2, 0.25) is 0 Å². The Morgan fingerprint density at radius 3 is 2.41 bits per heavy atom. The molecule has 3 nitrogen and oxygen atoms in total. The van der Waals surface area contributed by atoms with Crippen LogP contribution in [0, 0.1) is 0 Å². The zero-order valence-electron chi connectivity index (χ0n) is 11.2. The van der Waals surface area contributed by atoms with Crippen LogP contribution in [0.1, 0.15) is 58.0 Å². The first-order valence-corrected chi connectivity index (χ1v) is 7.19. The highest BCUT2D eigenvalue weighted by Gasteiger charge is 2.13. The van der Waals surface area contributed by atoms with Crippen molar-refractivity contribution in [3.05, 3.63) is 16.0 Å². The smallest absolute Gasteiger partial charge is 0.144 e. The van der Waals surface area contributed by atoms with Crippen molar-refractivity contribution in [1.29, 1.82) is 0 Å². The van der Waals surface area contributed by atoms with Gasteiger partial charge < -0.3 is 5.32 Å². The van der Waals surface area contributed by atoms with Crippen molar-refractivity contribution in [1.82, 2.24) is 9.97 Å². The first-order valence-electron chi connectivity index (χ1n) is 6.40. The molecule has 0 bridgehead atoms. The van der Waals surface area contributed by atoms with Gasteiger partial charge in [0.05, 0.1) is 10.2 Å². The maximum Gasteiger partial charge on any atom is 0.144 e. The Morgan fingerprint density at radius 2 is 1.88 bits per heavy atom. The summed E-state index contributed by atoms with van der Waals surface area (Å²) >= 11 is 3.61. The van der Waals surface area contributed by atoms with Crippen molar-refractivity contribution in [2.45, 2.75) is 52.9 Å². The van der Waals surface area contributed by atoms with E-state index in [-0.39, 0.29) is 0 Å². The lowest BCUT2D eigenvalue weighted by atomic mass is 10.2. The summed E-state index contributed by atoms with van der Waals surface area (Å²) in [6, 6.07) is 0. The van der Waals surface area contributed by atoms with Crippen molar-refractivity contribution < 1.29 is 0 Å². The number of rotatable bonds is 6. The zero-order chi connectivity index (χ0) is 12.8. The second-order valence-electron chi connectivity index (χ2n) is 4.52. The van der Waals surface area contributed by atoms with Crippen molar-refractivity contribution in [3.8, 4) is 0 Å². The van der Waals surface area contributed by atoms with E-state index >= 15 is 0 Å². The number of anilines is 1. The molecule has 0 saturated heterocycles. The minimum absolute atomic E-state index is 0.362. The molecule has 1 rings (SSSR count). The second-order valence-corrected chi connectivity index (χ2v) is 5.32. The molecule has 0 aliphatic rings. The van der Waals surface area contributed by atoms with Crippen molar-refractivity contribution in [3.63, 3.8) is 0 Å². The Kier molecular flexibility index (Phi) is 5.89. The van der Waals surface area contributed by atoms with Crippen LogP contribution in [0.5, 0.6) is 0 Å². The molecular weight excluding hydrogens is 278 g/mol. The van der Waals surface area contributed by atoms with E-state index in [9.17, 15) is 0 Å². The Hall–Kier alpha value is -0.640. The van der Waals surface area contributed by atoms with E-state index < -0.39 is 0 Å². The van der Waals surface area contributed by atoms with Crippen LogP contribution >= 0.6 is 15.9 Å². The summed E-state index contributed by atoms with van der Waals surface area (Å²) in [6.45, 7) is 9.52. The fraction of sp³-hybridized carbons (Fsp3) is 0.692. The van der Waals surface area contributed by atoms with E-state index in [1.165, 1.54) is 0 Å². The summed E-state index contributed by atoms with van der Waals surface area (Å²) in [7, 11) is 0. The first kappa shape index (κ1) is 14.4. The van der Waals surface area contributed by atoms with Crippen LogP contribution in [-0.4, -0.2) is 16.5 Å². The Morgan fingerprint density at radius 1 is 1.18 bits per heavy atom. The Balaban J connectivity index is 3.08. The topological polar surface area (TPSA) is 37.8 Å². The van der Waals surface area contributed by atoms with Gasteiger partial charge in [-0.05, 0) is 28.8 Å². The Bertz CT molecular complexity index is 364. The highest BCUT2D eigenvalue weighted by molar-refractivity contribution is 9.10. The lowest BCUT2D eigenvalue weighted by Gasteiger charge is -2.13. The highest BCUT2D eigenvalue weighted by atomic mass is 79.9. The van der Waals surface area contributed by atoms with Gasteiger partial charge in [0.15, 0.2) is 0 Å². The third-order valence-electron chi connectivity index (χ3n) is 2.48. The molecular formula is C13H22BrN3. The van der Waals surface area contributed by atoms with Crippen LogP contribution in [0.15, 0.2) is 4.47 Å². The molecule has 0 aliphatic carbocycles. The van der Waals surface area contributed by atoms with Crippen LogP contribution in [0.25, 0.3) is 0 Å². The van der Waals surface area contributed by atoms with Crippen LogP contribution < -0.4 is 5.32 Å².